The molecule has 0 unspecified atom stereocenters. The summed E-state index contributed by atoms with van der Waals surface area (Å²) in [7, 11) is 0. The quantitative estimate of drug-likeness (QED) is 0.431. The van der Waals surface area contributed by atoms with Crippen LogP contribution >= 0.6 is 0 Å². The largest absolute Gasteiger partial charge is 0.463 e. The zero-order valence-electron chi connectivity index (χ0n) is 11.1. The molecule has 2 nitrogen and oxygen atoms in total. The first kappa shape index (κ1) is 14.2. The van der Waals surface area contributed by atoms with Gasteiger partial charge in [0.15, 0.2) is 0 Å². The highest BCUT2D eigenvalue weighted by molar-refractivity contribution is 5.93. The average Bonchev–Trinajstić information content (AvgIpc) is 2.34. The Morgan fingerprint density at radius 3 is 2.83 bits per heavy atom. The molecule has 1 aromatic rings. The van der Waals surface area contributed by atoms with E-state index in [4.69, 9.17) is 4.74 Å². The number of allylic oxidation sites excluding steroid dienone is 1. The van der Waals surface area contributed by atoms with Crippen molar-refractivity contribution < 1.29 is 9.53 Å². The molecule has 18 heavy (non-hydrogen) atoms. The van der Waals surface area contributed by atoms with Crippen LogP contribution in [0, 0.1) is 6.92 Å². The van der Waals surface area contributed by atoms with Crippen LogP contribution in [0.3, 0.4) is 0 Å². The Balaban J connectivity index is 2.93. The van der Waals surface area contributed by atoms with Crippen molar-refractivity contribution in [3.63, 3.8) is 0 Å². The van der Waals surface area contributed by atoms with E-state index < -0.39 is 0 Å². The van der Waals surface area contributed by atoms with Crippen LogP contribution in [0.15, 0.2) is 42.5 Å². The van der Waals surface area contributed by atoms with Crippen LogP contribution in [0.1, 0.15) is 30.9 Å². The van der Waals surface area contributed by atoms with E-state index in [0.717, 1.165) is 12.0 Å². The lowest BCUT2D eigenvalue weighted by atomic mass is 10.0. The number of benzene rings is 1. The summed E-state index contributed by atoms with van der Waals surface area (Å²) in [6.45, 7) is 7.93. The molecule has 0 spiro atoms. The molecule has 0 amide bonds. The van der Waals surface area contributed by atoms with Crippen LogP contribution in [0.25, 0.3) is 6.08 Å². The van der Waals surface area contributed by atoms with Gasteiger partial charge in [0, 0.05) is 5.57 Å². The van der Waals surface area contributed by atoms with Gasteiger partial charge in [-0.3, -0.25) is 0 Å². The maximum absolute atomic E-state index is 11.8. The summed E-state index contributed by atoms with van der Waals surface area (Å²) >= 11 is 0. The molecule has 0 aliphatic heterocycles. The summed E-state index contributed by atoms with van der Waals surface area (Å²) in [5.74, 6) is -0.235. The zero-order valence-corrected chi connectivity index (χ0v) is 11.1. The standard InChI is InChI=1S/C16H20O2/c1-4-6-10-15(16(17)18-5-2)12-14-9-7-8-13(3)11-14/h4,7-9,11-12H,1,5-6,10H2,2-3H3/b15-12+. The summed E-state index contributed by atoms with van der Waals surface area (Å²) in [5.41, 5.74) is 2.90. The third-order valence-electron chi connectivity index (χ3n) is 2.54. The lowest BCUT2D eigenvalue weighted by molar-refractivity contribution is -0.138. The third kappa shape index (κ3) is 4.58. The molecule has 0 bridgehead atoms. The van der Waals surface area contributed by atoms with Gasteiger partial charge in [0.25, 0.3) is 0 Å². The third-order valence-corrected chi connectivity index (χ3v) is 2.54. The Morgan fingerprint density at radius 1 is 1.44 bits per heavy atom. The molecule has 1 rings (SSSR count). The van der Waals surface area contributed by atoms with E-state index in [-0.39, 0.29) is 5.97 Å². The minimum absolute atomic E-state index is 0.235. The molecule has 0 fully saturated rings. The van der Waals surface area contributed by atoms with Crippen molar-refractivity contribution in [1.82, 2.24) is 0 Å². The van der Waals surface area contributed by atoms with E-state index in [9.17, 15) is 4.79 Å². The van der Waals surface area contributed by atoms with Gasteiger partial charge in [-0.2, -0.15) is 0 Å². The average molecular weight is 244 g/mol. The van der Waals surface area contributed by atoms with Crippen molar-refractivity contribution in [2.24, 2.45) is 0 Å². The number of carbonyl (C=O) groups is 1. The number of ether oxygens (including phenoxy) is 1. The highest BCUT2D eigenvalue weighted by Crippen LogP contribution is 2.15. The molecule has 0 aliphatic carbocycles. The van der Waals surface area contributed by atoms with Crippen molar-refractivity contribution in [3.8, 4) is 0 Å². The fourth-order valence-corrected chi connectivity index (χ4v) is 1.68. The lowest BCUT2D eigenvalue weighted by Crippen LogP contribution is -2.07. The Morgan fingerprint density at radius 2 is 2.22 bits per heavy atom. The molecule has 96 valence electrons. The van der Waals surface area contributed by atoms with Crippen LogP contribution < -0.4 is 0 Å². The minimum Gasteiger partial charge on any atom is -0.463 e. The van der Waals surface area contributed by atoms with Gasteiger partial charge in [0.05, 0.1) is 6.61 Å². The van der Waals surface area contributed by atoms with Crippen LogP contribution in [0.4, 0.5) is 0 Å². The van der Waals surface area contributed by atoms with E-state index in [1.165, 1.54) is 5.56 Å². The van der Waals surface area contributed by atoms with E-state index >= 15 is 0 Å². The molecule has 0 radical (unpaired) electrons. The molecule has 1 aromatic carbocycles. The number of hydrogen-bond acceptors (Lipinski definition) is 2. The van der Waals surface area contributed by atoms with Gasteiger partial charge in [-0.15, -0.1) is 6.58 Å². The second-order valence-corrected chi connectivity index (χ2v) is 4.13. The first-order valence-electron chi connectivity index (χ1n) is 6.22. The fourth-order valence-electron chi connectivity index (χ4n) is 1.68. The summed E-state index contributed by atoms with van der Waals surface area (Å²) in [4.78, 5) is 11.8. The fraction of sp³-hybridized carbons (Fsp3) is 0.312. The SMILES string of the molecule is C=CCC/C(=C\c1cccc(C)c1)C(=O)OCC. The second kappa shape index (κ2) is 7.49. The monoisotopic (exact) mass is 244 g/mol. The van der Waals surface area contributed by atoms with Gasteiger partial charge in [-0.05, 0) is 38.3 Å². The summed E-state index contributed by atoms with van der Waals surface area (Å²) in [5, 5.41) is 0. The number of carbonyl (C=O) groups excluding carboxylic acids is 1. The highest BCUT2D eigenvalue weighted by Gasteiger charge is 2.09. The molecule has 2 heteroatoms. The summed E-state index contributed by atoms with van der Waals surface area (Å²) in [6.07, 6.45) is 5.14. The minimum atomic E-state index is -0.235. The molecule has 0 atom stereocenters. The van der Waals surface area contributed by atoms with Crippen LogP contribution in [0.5, 0.6) is 0 Å². The predicted molar refractivity (Wildman–Crippen MR) is 75.2 cm³/mol. The Labute approximate surface area is 109 Å². The van der Waals surface area contributed by atoms with Gasteiger partial charge >= 0.3 is 5.97 Å². The molecule has 0 aromatic heterocycles. The highest BCUT2D eigenvalue weighted by atomic mass is 16.5. The van der Waals surface area contributed by atoms with Gasteiger partial charge in [0.2, 0.25) is 0 Å². The van der Waals surface area contributed by atoms with Crippen LogP contribution in [-0.2, 0) is 9.53 Å². The summed E-state index contributed by atoms with van der Waals surface area (Å²) in [6, 6.07) is 8.05. The molecule has 0 saturated carbocycles. The van der Waals surface area contributed by atoms with E-state index in [1.807, 2.05) is 50.3 Å². The molecule has 0 aliphatic rings. The predicted octanol–water partition coefficient (Wildman–Crippen LogP) is 3.91. The summed E-state index contributed by atoms with van der Waals surface area (Å²) < 4.78 is 5.06. The van der Waals surface area contributed by atoms with Gasteiger partial charge in [-0.1, -0.05) is 35.9 Å². The molecule has 0 heterocycles. The van der Waals surface area contributed by atoms with Crippen molar-refractivity contribution in [2.45, 2.75) is 26.7 Å². The molecular weight excluding hydrogens is 224 g/mol. The Kier molecular flexibility index (Phi) is 5.92. The number of aryl methyl sites for hydroxylation is 1. The Bertz CT molecular complexity index is 444. The topological polar surface area (TPSA) is 26.3 Å². The number of hydrogen-bond donors (Lipinski definition) is 0. The van der Waals surface area contributed by atoms with Crippen LogP contribution in [0.2, 0.25) is 0 Å². The first-order chi connectivity index (χ1) is 8.67. The van der Waals surface area contributed by atoms with Crippen LogP contribution in [-0.4, -0.2) is 12.6 Å². The second-order valence-electron chi connectivity index (χ2n) is 4.13. The van der Waals surface area contributed by atoms with Gasteiger partial charge < -0.3 is 4.74 Å². The molecular formula is C16H20O2. The van der Waals surface area contributed by atoms with E-state index in [0.29, 0.717) is 18.6 Å². The van der Waals surface area contributed by atoms with Crippen molar-refractivity contribution in [3.05, 3.63) is 53.6 Å². The van der Waals surface area contributed by atoms with Crippen molar-refractivity contribution in [1.29, 1.82) is 0 Å². The van der Waals surface area contributed by atoms with E-state index in [2.05, 4.69) is 6.58 Å². The molecule has 0 saturated heterocycles. The number of rotatable bonds is 6. The first-order valence-corrected chi connectivity index (χ1v) is 6.22. The van der Waals surface area contributed by atoms with Crippen molar-refractivity contribution in [2.75, 3.05) is 6.61 Å². The normalized spacial score (nSPS) is 11.1. The number of esters is 1. The maximum Gasteiger partial charge on any atom is 0.334 e. The van der Waals surface area contributed by atoms with Gasteiger partial charge in [0.1, 0.15) is 0 Å². The Hall–Kier alpha value is -1.83. The lowest BCUT2D eigenvalue weighted by Gasteiger charge is -2.06. The smallest absolute Gasteiger partial charge is 0.334 e. The zero-order chi connectivity index (χ0) is 13.4. The van der Waals surface area contributed by atoms with Gasteiger partial charge in [-0.25, -0.2) is 4.79 Å². The van der Waals surface area contributed by atoms with Crippen molar-refractivity contribution >= 4 is 12.0 Å². The molecule has 0 N–H and O–H groups in total. The maximum atomic E-state index is 11.8. The van der Waals surface area contributed by atoms with E-state index in [1.54, 1.807) is 0 Å².